The molecule has 1 rings (SSSR count). The third-order valence-electron chi connectivity index (χ3n) is 2.09. The minimum absolute atomic E-state index is 0.286. The average Bonchev–Trinajstić information content (AvgIpc) is 2.29. The van der Waals surface area contributed by atoms with E-state index < -0.39 is 11.7 Å². The molecule has 0 aliphatic rings. The zero-order valence-corrected chi connectivity index (χ0v) is 9.49. The Bertz CT molecular complexity index is 478. The monoisotopic (exact) mass is 237 g/mol. The number of ether oxygens (including phenoxy) is 2. The Morgan fingerprint density at radius 3 is 2.76 bits per heavy atom. The first-order valence-electron chi connectivity index (χ1n) is 4.77. The van der Waals surface area contributed by atoms with Crippen LogP contribution in [0.3, 0.4) is 0 Å². The van der Waals surface area contributed by atoms with Crippen LogP contribution in [0.1, 0.15) is 17.3 Å². The molecule has 0 bridgehead atoms. The van der Waals surface area contributed by atoms with Gasteiger partial charge in [-0.25, -0.2) is 0 Å². The molecule has 0 heterocycles. The van der Waals surface area contributed by atoms with E-state index in [1.54, 1.807) is 18.2 Å². The summed E-state index contributed by atoms with van der Waals surface area (Å²) in [6.07, 6.45) is 1.23. The van der Waals surface area contributed by atoms with Gasteiger partial charge < -0.3 is 15.2 Å². The summed E-state index contributed by atoms with van der Waals surface area (Å²) < 4.78 is 22.3. The van der Waals surface area contributed by atoms with Gasteiger partial charge in [0.2, 0.25) is 5.91 Å². The van der Waals surface area contributed by atoms with Crippen molar-refractivity contribution < 1.29 is 18.7 Å². The van der Waals surface area contributed by atoms with Crippen molar-refractivity contribution in [3.05, 3.63) is 29.8 Å². The summed E-state index contributed by atoms with van der Waals surface area (Å²) in [7, 11) is 1.34. The van der Waals surface area contributed by atoms with E-state index in [1.807, 2.05) is 0 Å². The fourth-order valence-corrected chi connectivity index (χ4v) is 1.14. The number of rotatable bonds is 4. The molecule has 0 aliphatic carbocycles. The molecule has 1 atom stereocenters. The topological polar surface area (TPSA) is 61.6 Å². The molecule has 4 nitrogen and oxygen atoms in total. The number of benzene rings is 1. The number of hydrogen-bond donors (Lipinski definition) is 1. The lowest BCUT2D eigenvalue weighted by molar-refractivity contribution is -0.101. The number of primary amides is 1. The van der Waals surface area contributed by atoms with Crippen LogP contribution in [0.2, 0.25) is 0 Å². The molecular formula is C12H12FNO3. The van der Waals surface area contributed by atoms with Crippen LogP contribution in [0.4, 0.5) is 4.39 Å². The van der Waals surface area contributed by atoms with Crippen molar-refractivity contribution in [1.29, 1.82) is 0 Å². The van der Waals surface area contributed by atoms with Gasteiger partial charge in [0.1, 0.15) is 11.9 Å². The third-order valence-corrected chi connectivity index (χ3v) is 2.09. The molecule has 1 aromatic rings. The molecule has 2 N–H and O–H groups in total. The average molecular weight is 237 g/mol. The lowest BCUT2D eigenvalue weighted by Crippen LogP contribution is -2.32. The van der Waals surface area contributed by atoms with Crippen LogP contribution in [-0.2, 0) is 4.74 Å². The summed E-state index contributed by atoms with van der Waals surface area (Å²) in [6, 6.07) is 6.15. The maximum atomic E-state index is 12.0. The van der Waals surface area contributed by atoms with Crippen molar-refractivity contribution in [2.75, 3.05) is 7.11 Å². The summed E-state index contributed by atoms with van der Waals surface area (Å²) in [4.78, 5) is 11.0. The van der Waals surface area contributed by atoms with Gasteiger partial charge in [-0.2, -0.15) is 0 Å². The van der Waals surface area contributed by atoms with Crippen LogP contribution >= 0.6 is 0 Å². The fraction of sp³-hybridized carbons (Fsp3) is 0.250. The van der Waals surface area contributed by atoms with Crippen LogP contribution in [0.5, 0.6) is 5.75 Å². The van der Waals surface area contributed by atoms with Gasteiger partial charge in [0.15, 0.2) is 0 Å². The minimum Gasteiger partial charge on any atom is -0.451 e. The van der Waals surface area contributed by atoms with Crippen molar-refractivity contribution >= 4 is 5.91 Å². The standard InChI is InChI=1S/C12H12FNO3/c1-12(16-2,6-7-13)17-10-5-3-4-9(8-10)11(14)15/h3-5,8H,1-2H3,(H2,14,15). The number of carbonyl (C=O) groups excluding carboxylic acids is 1. The molecule has 0 saturated heterocycles. The summed E-state index contributed by atoms with van der Waals surface area (Å²) in [5.74, 6) is 0.453. The molecule has 0 spiro atoms. The second kappa shape index (κ2) is 5.32. The van der Waals surface area contributed by atoms with Crippen molar-refractivity contribution in [2.45, 2.75) is 12.7 Å². The molecule has 0 radical (unpaired) electrons. The quantitative estimate of drug-likeness (QED) is 0.637. The first-order valence-corrected chi connectivity index (χ1v) is 4.77. The highest BCUT2D eigenvalue weighted by molar-refractivity contribution is 5.93. The maximum absolute atomic E-state index is 12.0. The second-order valence-corrected chi connectivity index (χ2v) is 3.36. The van der Waals surface area contributed by atoms with Gasteiger partial charge in [0.25, 0.3) is 5.79 Å². The Kier molecular flexibility index (Phi) is 4.07. The molecule has 90 valence electrons. The molecule has 0 fully saturated rings. The van der Waals surface area contributed by atoms with Gasteiger partial charge in [-0.15, -0.1) is 4.39 Å². The molecule has 0 aliphatic heterocycles. The molecule has 0 aromatic heterocycles. The van der Waals surface area contributed by atoms with Gasteiger partial charge in [-0.1, -0.05) is 6.07 Å². The minimum atomic E-state index is -1.41. The number of halogens is 1. The highest BCUT2D eigenvalue weighted by atomic mass is 19.1. The van der Waals surface area contributed by atoms with Crippen LogP contribution in [0.25, 0.3) is 0 Å². The number of amides is 1. The summed E-state index contributed by atoms with van der Waals surface area (Å²) >= 11 is 0. The molecular weight excluding hydrogens is 225 g/mol. The second-order valence-electron chi connectivity index (χ2n) is 3.36. The molecule has 1 unspecified atom stereocenters. The SMILES string of the molecule is COC(C)(C#CF)Oc1cccc(C(N)=O)c1. The zero-order chi connectivity index (χ0) is 12.9. The van der Waals surface area contributed by atoms with E-state index in [9.17, 15) is 9.18 Å². The molecule has 1 aromatic carbocycles. The van der Waals surface area contributed by atoms with Gasteiger partial charge >= 0.3 is 0 Å². The van der Waals surface area contributed by atoms with E-state index in [4.69, 9.17) is 15.2 Å². The molecule has 0 saturated carbocycles. The van der Waals surface area contributed by atoms with Gasteiger partial charge in [-0.3, -0.25) is 4.79 Å². The van der Waals surface area contributed by atoms with Crippen LogP contribution in [0.15, 0.2) is 24.3 Å². The van der Waals surface area contributed by atoms with Crippen LogP contribution in [-0.4, -0.2) is 18.8 Å². The van der Waals surface area contributed by atoms with E-state index in [2.05, 4.69) is 5.92 Å². The zero-order valence-electron chi connectivity index (χ0n) is 9.49. The third kappa shape index (κ3) is 3.47. The number of carbonyl (C=O) groups is 1. The van der Waals surface area contributed by atoms with Crippen LogP contribution in [0, 0.1) is 12.1 Å². The first-order chi connectivity index (χ1) is 8.00. The van der Waals surface area contributed by atoms with Gasteiger partial charge in [0.05, 0.1) is 0 Å². The smallest absolute Gasteiger partial charge is 0.274 e. The lowest BCUT2D eigenvalue weighted by Gasteiger charge is -2.23. The first kappa shape index (κ1) is 13.0. The number of methoxy groups -OCH3 is 1. The molecule has 17 heavy (non-hydrogen) atoms. The maximum Gasteiger partial charge on any atom is 0.274 e. The van der Waals surface area contributed by atoms with E-state index in [0.29, 0.717) is 5.75 Å². The van der Waals surface area contributed by atoms with Gasteiger partial charge in [0, 0.05) is 25.5 Å². The Balaban J connectivity index is 2.97. The van der Waals surface area contributed by atoms with Crippen molar-refractivity contribution in [3.8, 4) is 17.8 Å². The fourth-order valence-electron chi connectivity index (χ4n) is 1.14. The number of nitrogens with two attached hydrogens (primary N) is 1. The summed E-state index contributed by atoms with van der Waals surface area (Å²) in [6.45, 7) is 1.45. The Morgan fingerprint density at radius 1 is 1.53 bits per heavy atom. The van der Waals surface area contributed by atoms with E-state index in [-0.39, 0.29) is 5.56 Å². The highest BCUT2D eigenvalue weighted by Gasteiger charge is 2.23. The van der Waals surface area contributed by atoms with Crippen LogP contribution < -0.4 is 10.5 Å². The van der Waals surface area contributed by atoms with E-state index in [0.717, 1.165) is 0 Å². The Morgan fingerprint density at radius 2 is 2.24 bits per heavy atom. The summed E-state index contributed by atoms with van der Waals surface area (Å²) in [5, 5.41) is 0. The number of hydrogen-bond acceptors (Lipinski definition) is 3. The van der Waals surface area contributed by atoms with Crippen molar-refractivity contribution in [1.82, 2.24) is 0 Å². The normalized spacial score (nSPS) is 13.1. The van der Waals surface area contributed by atoms with Gasteiger partial charge in [-0.05, 0) is 18.2 Å². The molecule has 1 amide bonds. The van der Waals surface area contributed by atoms with E-state index in [1.165, 1.54) is 26.3 Å². The lowest BCUT2D eigenvalue weighted by atomic mass is 10.2. The predicted octanol–water partition coefficient (Wildman–Crippen LogP) is 1.46. The Labute approximate surface area is 98.5 Å². The summed E-state index contributed by atoms with van der Waals surface area (Å²) in [5.41, 5.74) is 5.41. The van der Waals surface area contributed by atoms with E-state index >= 15 is 0 Å². The van der Waals surface area contributed by atoms with Crippen molar-refractivity contribution in [2.24, 2.45) is 5.73 Å². The predicted molar refractivity (Wildman–Crippen MR) is 59.9 cm³/mol. The largest absolute Gasteiger partial charge is 0.451 e. The molecule has 5 heteroatoms. The Hall–Kier alpha value is -2.06. The highest BCUT2D eigenvalue weighted by Crippen LogP contribution is 2.20. The van der Waals surface area contributed by atoms with Crippen molar-refractivity contribution in [3.63, 3.8) is 0 Å².